The van der Waals surface area contributed by atoms with Crippen molar-refractivity contribution in [2.75, 3.05) is 0 Å². The highest BCUT2D eigenvalue weighted by Gasteiger charge is 2.02. The van der Waals surface area contributed by atoms with Crippen LogP contribution in [0.25, 0.3) is 17.3 Å². The Balaban J connectivity index is 2.36. The summed E-state index contributed by atoms with van der Waals surface area (Å²) in [5.74, 6) is 0.0807. The second kappa shape index (κ2) is 5.41. The summed E-state index contributed by atoms with van der Waals surface area (Å²) in [7, 11) is 0. The number of carbonyl (C=O) groups is 1. The summed E-state index contributed by atoms with van der Waals surface area (Å²) >= 11 is 0. The lowest BCUT2D eigenvalue weighted by atomic mass is 10.1. The summed E-state index contributed by atoms with van der Waals surface area (Å²) in [6.45, 7) is 3.54. The molecule has 0 saturated heterocycles. The van der Waals surface area contributed by atoms with Gasteiger partial charge in [0.05, 0.1) is 11.4 Å². The van der Waals surface area contributed by atoms with Crippen LogP contribution in [-0.4, -0.2) is 10.8 Å². The van der Waals surface area contributed by atoms with E-state index < -0.39 is 0 Å². The average molecular weight is 237 g/mol. The molecule has 1 aromatic carbocycles. The van der Waals surface area contributed by atoms with E-state index in [-0.39, 0.29) is 5.78 Å². The van der Waals surface area contributed by atoms with E-state index in [1.54, 1.807) is 6.92 Å². The van der Waals surface area contributed by atoms with Gasteiger partial charge < -0.3 is 0 Å². The number of pyridine rings is 1. The summed E-state index contributed by atoms with van der Waals surface area (Å²) in [5.41, 5.74) is 3.60. The first-order chi connectivity index (χ1) is 8.70. The van der Waals surface area contributed by atoms with Gasteiger partial charge in [-0.1, -0.05) is 36.4 Å². The smallest absolute Gasteiger partial charge is 0.159 e. The molecule has 0 atom stereocenters. The van der Waals surface area contributed by atoms with Crippen LogP contribution in [0, 0.1) is 0 Å². The molecule has 0 N–H and O–H groups in total. The molecule has 0 aliphatic heterocycles. The normalized spacial score (nSPS) is 10.8. The van der Waals surface area contributed by atoms with E-state index in [1.807, 2.05) is 61.5 Å². The molecule has 0 aliphatic rings. The molecule has 2 nitrogen and oxygen atoms in total. The van der Waals surface area contributed by atoms with Gasteiger partial charge in [0.25, 0.3) is 0 Å². The van der Waals surface area contributed by atoms with E-state index in [1.165, 1.54) is 0 Å². The Kier molecular flexibility index (Phi) is 3.68. The number of carbonyl (C=O) groups excluding carboxylic acids is 1. The molecule has 90 valence electrons. The zero-order valence-corrected chi connectivity index (χ0v) is 10.6. The van der Waals surface area contributed by atoms with Gasteiger partial charge in [-0.2, -0.15) is 0 Å². The lowest BCUT2D eigenvalue weighted by Crippen LogP contribution is -1.92. The van der Waals surface area contributed by atoms with Crippen molar-refractivity contribution in [2.45, 2.75) is 13.8 Å². The van der Waals surface area contributed by atoms with Gasteiger partial charge in [-0.05, 0) is 32.1 Å². The fourth-order valence-corrected chi connectivity index (χ4v) is 1.75. The van der Waals surface area contributed by atoms with Crippen LogP contribution in [0.2, 0.25) is 0 Å². The first-order valence-corrected chi connectivity index (χ1v) is 5.92. The fraction of sp³-hybridized carbons (Fsp3) is 0.125. The third kappa shape index (κ3) is 2.72. The Labute approximate surface area is 107 Å². The molecule has 0 fully saturated rings. The number of hydrogen-bond donors (Lipinski definition) is 0. The molecule has 2 aromatic rings. The van der Waals surface area contributed by atoms with Crippen molar-refractivity contribution < 1.29 is 4.79 Å². The molecule has 2 heteroatoms. The Morgan fingerprint density at radius 2 is 1.83 bits per heavy atom. The van der Waals surface area contributed by atoms with Gasteiger partial charge in [0.2, 0.25) is 0 Å². The van der Waals surface area contributed by atoms with Crippen molar-refractivity contribution in [3.05, 3.63) is 59.8 Å². The van der Waals surface area contributed by atoms with Gasteiger partial charge in [-0.3, -0.25) is 4.79 Å². The van der Waals surface area contributed by atoms with Gasteiger partial charge in [-0.25, -0.2) is 4.98 Å². The standard InChI is InChI=1S/C16H15NO/c1-3-5-15-6-4-7-16(17-15)14-10-8-13(9-11-14)12(2)18/h3-11H,1-2H3/b5-3+. The summed E-state index contributed by atoms with van der Waals surface area (Å²) in [6, 6.07) is 13.4. The topological polar surface area (TPSA) is 30.0 Å². The highest BCUT2D eigenvalue weighted by molar-refractivity contribution is 5.94. The molecule has 18 heavy (non-hydrogen) atoms. The quantitative estimate of drug-likeness (QED) is 0.756. The molecule has 1 aromatic heterocycles. The minimum Gasteiger partial charge on any atom is -0.295 e. The number of hydrogen-bond acceptors (Lipinski definition) is 2. The van der Waals surface area contributed by atoms with Gasteiger partial charge in [-0.15, -0.1) is 0 Å². The molecule has 0 spiro atoms. The van der Waals surface area contributed by atoms with Gasteiger partial charge in [0, 0.05) is 11.1 Å². The molecule has 0 bridgehead atoms. The molecule has 0 radical (unpaired) electrons. The monoisotopic (exact) mass is 237 g/mol. The summed E-state index contributed by atoms with van der Waals surface area (Å²) < 4.78 is 0. The number of allylic oxidation sites excluding steroid dienone is 1. The number of rotatable bonds is 3. The Hall–Kier alpha value is -2.22. The lowest BCUT2D eigenvalue weighted by Gasteiger charge is -2.03. The van der Waals surface area contributed by atoms with Gasteiger partial charge >= 0.3 is 0 Å². The predicted octanol–water partition coefficient (Wildman–Crippen LogP) is 3.98. The van der Waals surface area contributed by atoms with Crippen molar-refractivity contribution >= 4 is 11.9 Å². The first-order valence-electron chi connectivity index (χ1n) is 5.92. The van der Waals surface area contributed by atoms with Crippen LogP contribution in [0.3, 0.4) is 0 Å². The number of aromatic nitrogens is 1. The maximum atomic E-state index is 11.2. The summed E-state index contributed by atoms with van der Waals surface area (Å²) in [4.78, 5) is 15.7. The third-order valence-electron chi connectivity index (χ3n) is 2.70. The van der Waals surface area contributed by atoms with Gasteiger partial charge in [0.15, 0.2) is 5.78 Å². The number of nitrogens with zero attached hydrogens (tertiary/aromatic N) is 1. The average Bonchev–Trinajstić information content (AvgIpc) is 2.39. The zero-order chi connectivity index (χ0) is 13.0. The minimum absolute atomic E-state index is 0.0807. The highest BCUT2D eigenvalue weighted by Crippen LogP contribution is 2.18. The van der Waals surface area contributed by atoms with Crippen LogP contribution in [0.15, 0.2) is 48.5 Å². The predicted molar refractivity (Wildman–Crippen MR) is 74.4 cm³/mol. The van der Waals surface area contributed by atoms with Crippen LogP contribution in [0.5, 0.6) is 0 Å². The van der Waals surface area contributed by atoms with Crippen molar-refractivity contribution in [2.24, 2.45) is 0 Å². The van der Waals surface area contributed by atoms with E-state index in [0.29, 0.717) is 0 Å². The van der Waals surface area contributed by atoms with E-state index in [2.05, 4.69) is 4.98 Å². The Morgan fingerprint density at radius 1 is 1.11 bits per heavy atom. The van der Waals surface area contributed by atoms with Crippen LogP contribution in [0.1, 0.15) is 29.9 Å². The molecular weight excluding hydrogens is 222 g/mol. The molecule has 0 amide bonds. The maximum Gasteiger partial charge on any atom is 0.159 e. The maximum absolute atomic E-state index is 11.2. The third-order valence-corrected chi connectivity index (χ3v) is 2.70. The largest absolute Gasteiger partial charge is 0.295 e. The number of ketones is 1. The van der Waals surface area contributed by atoms with Crippen LogP contribution in [0.4, 0.5) is 0 Å². The van der Waals surface area contributed by atoms with E-state index in [0.717, 1.165) is 22.5 Å². The summed E-state index contributed by atoms with van der Waals surface area (Å²) in [6.07, 6.45) is 3.93. The molecule has 0 unspecified atom stereocenters. The molecule has 2 rings (SSSR count). The van der Waals surface area contributed by atoms with Crippen LogP contribution in [-0.2, 0) is 0 Å². The zero-order valence-electron chi connectivity index (χ0n) is 10.6. The molecular formula is C16H15NO. The molecule has 1 heterocycles. The lowest BCUT2D eigenvalue weighted by molar-refractivity contribution is 0.101. The fourth-order valence-electron chi connectivity index (χ4n) is 1.75. The molecule has 0 aliphatic carbocycles. The van der Waals surface area contributed by atoms with E-state index in [4.69, 9.17) is 0 Å². The van der Waals surface area contributed by atoms with E-state index in [9.17, 15) is 4.79 Å². The van der Waals surface area contributed by atoms with Gasteiger partial charge in [0.1, 0.15) is 0 Å². The van der Waals surface area contributed by atoms with Crippen molar-refractivity contribution in [3.63, 3.8) is 0 Å². The van der Waals surface area contributed by atoms with Crippen molar-refractivity contribution in [3.8, 4) is 11.3 Å². The number of Topliss-reactive ketones (excluding diaryl/α,β-unsaturated/α-hetero) is 1. The SMILES string of the molecule is C/C=C/c1cccc(-c2ccc(C(C)=O)cc2)n1. The number of benzene rings is 1. The minimum atomic E-state index is 0.0807. The second-order valence-corrected chi connectivity index (χ2v) is 4.08. The van der Waals surface area contributed by atoms with Crippen molar-refractivity contribution in [1.82, 2.24) is 4.98 Å². The van der Waals surface area contributed by atoms with Crippen molar-refractivity contribution in [1.29, 1.82) is 0 Å². The molecule has 0 saturated carbocycles. The summed E-state index contributed by atoms with van der Waals surface area (Å²) in [5, 5.41) is 0. The second-order valence-electron chi connectivity index (χ2n) is 4.08. The Bertz CT molecular complexity index is 582. The van der Waals surface area contributed by atoms with E-state index >= 15 is 0 Å². The van der Waals surface area contributed by atoms with Crippen LogP contribution < -0.4 is 0 Å². The highest BCUT2D eigenvalue weighted by atomic mass is 16.1. The Morgan fingerprint density at radius 3 is 2.44 bits per heavy atom. The van der Waals surface area contributed by atoms with Crippen LogP contribution >= 0.6 is 0 Å². The first kappa shape index (κ1) is 12.2.